The third-order valence-corrected chi connectivity index (χ3v) is 2.03. The number of hydrogen-bond acceptors (Lipinski definition) is 2. The van der Waals surface area contributed by atoms with Crippen LogP contribution in [0.1, 0.15) is 12.5 Å². The Morgan fingerprint density at radius 1 is 1.25 bits per heavy atom. The van der Waals surface area contributed by atoms with Crippen molar-refractivity contribution < 1.29 is 14.7 Å². The average molecular weight is 222 g/mol. The van der Waals surface area contributed by atoms with Crippen molar-refractivity contribution in [2.75, 3.05) is 5.32 Å². The number of aliphatic carboxylic acids is 1. The van der Waals surface area contributed by atoms with Crippen LogP contribution in [0.25, 0.3) is 0 Å². The molecular weight excluding hydrogens is 208 g/mol. The van der Waals surface area contributed by atoms with Crippen molar-refractivity contribution in [3.05, 3.63) is 29.8 Å². The van der Waals surface area contributed by atoms with Gasteiger partial charge >= 0.3 is 12.0 Å². The Kier molecular flexibility index (Phi) is 3.88. The molecule has 1 aromatic rings. The van der Waals surface area contributed by atoms with Gasteiger partial charge in [0.1, 0.15) is 6.04 Å². The van der Waals surface area contributed by atoms with Crippen LogP contribution in [0, 0.1) is 6.92 Å². The fraction of sp³-hybridized carbons (Fsp3) is 0.273. The van der Waals surface area contributed by atoms with E-state index in [1.165, 1.54) is 6.92 Å². The number of carbonyl (C=O) groups excluding carboxylic acids is 1. The maximum absolute atomic E-state index is 11.3. The summed E-state index contributed by atoms with van der Waals surface area (Å²) in [5.74, 6) is -1.07. The average Bonchev–Trinajstić information content (AvgIpc) is 2.21. The highest BCUT2D eigenvalue weighted by atomic mass is 16.4. The van der Waals surface area contributed by atoms with E-state index in [2.05, 4.69) is 10.6 Å². The summed E-state index contributed by atoms with van der Waals surface area (Å²) in [4.78, 5) is 21.8. The van der Waals surface area contributed by atoms with Crippen LogP contribution < -0.4 is 10.6 Å². The topological polar surface area (TPSA) is 78.4 Å². The molecule has 0 aliphatic carbocycles. The van der Waals surface area contributed by atoms with Crippen LogP contribution in [0.2, 0.25) is 0 Å². The van der Waals surface area contributed by atoms with Crippen LogP contribution in [0.5, 0.6) is 0 Å². The molecule has 1 atom stereocenters. The summed E-state index contributed by atoms with van der Waals surface area (Å²) in [5, 5.41) is 13.4. The van der Waals surface area contributed by atoms with Gasteiger partial charge in [0.15, 0.2) is 0 Å². The monoisotopic (exact) mass is 222 g/mol. The molecule has 0 unspecified atom stereocenters. The molecule has 0 radical (unpaired) electrons. The van der Waals surface area contributed by atoms with Crippen molar-refractivity contribution in [2.45, 2.75) is 19.9 Å². The summed E-state index contributed by atoms with van der Waals surface area (Å²) in [6.07, 6.45) is 0. The predicted octanol–water partition coefficient (Wildman–Crippen LogP) is 1.59. The predicted molar refractivity (Wildman–Crippen MR) is 60.4 cm³/mol. The normalized spacial score (nSPS) is 11.6. The molecule has 0 fully saturated rings. The summed E-state index contributed by atoms with van der Waals surface area (Å²) >= 11 is 0. The lowest BCUT2D eigenvalue weighted by atomic mass is 10.2. The first-order valence-electron chi connectivity index (χ1n) is 4.86. The van der Waals surface area contributed by atoms with Crippen molar-refractivity contribution in [1.29, 1.82) is 0 Å². The fourth-order valence-electron chi connectivity index (χ4n) is 1.06. The quantitative estimate of drug-likeness (QED) is 0.726. The molecular formula is C11H14N2O3. The molecule has 0 aliphatic rings. The number of amides is 2. The number of nitrogens with one attached hydrogen (secondary N) is 2. The molecule has 1 rings (SSSR count). The lowest BCUT2D eigenvalue weighted by Gasteiger charge is -2.10. The Morgan fingerprint density at radius 3 is 2.31 bits per heavy atom. The first-order chi connectivity index (χ1) is 7.49. The molecule has 1 aromatic carbocycles. The zero-order chi connectivity index (χ0) is 12.1. The van der Waals surface area contributed by atoms with Gasteiger partial charge < -0.3 is 15.7 Å². The molecule has 0 spiro atoms. The maximum atomic E-state index is 11.3. The molecule has 0 heterocycles. The van der Waals surface area contributed by atoms with Crippen molar-refractivity contribution in [3.8, 4) is 0 Å². The zero-order valence-corrected chi connectivity index (χ0v) is 9.15. The number of carboxylic acid groups (broad SMARTS) is 1. The lowest BCUT2D eigenvalue weighted by molar-refractivity contribution is -0.138. The van der Waals surface area contributed by atoms with Crippen LogP contribution >= 0.6 is 0 Å². The molecule has 5 heteroatoms. The minimum absolute atomic E-state index is 0.529. The van der Waals surface area contributed by atoms with Crippen LogP contribution in [0.4, 0.5) is 10.5 Å². The second-order valence-electron chi connectivity index (χ2n) is 3.52. The highest BCUT2D eigenvalue weighted by Crippen LogP contribution is 2.08. The number of carboxylic acids is 1. The Morgan fingerprint density at radius 2 is 1.81 bits per heavy atom. The van der Waals surface area contributed by atoms with Crippen LogP contribution in [0.15, 0.2) is 24.3 Å². The molecule has 0 saturated carbocycles. The highest BCUT2D eigenvalue weighted by Gasteiger charge is 2.13. The van der Waals surface area contributed by atoms with Crippen molar-refractivity contribution in [2.24, 2.45) is 0 Å². The third-order valence-electron chi connectivity index (χ3n) is 2.03. The molecule has 86 valence electrons. The smallest absolute Gasteiger partial charge is 0.325 e. The van der Waals surface area contributed by atoms with E-state index in [1.807, 2.05) is 19.1 Å². The first kappa shape index (κ1) is 12.0. The minimum atomic E-state index is -1.07. The van der Waals surface area contributed by atoms with Crippen LogP contribution in [-0.4, -0.2) is 23.1 Å². The van der Waals surface area contributed by atoms with E-state index in [9.17, 15) is 9.59 Å². The van der Waals surface area contributed by atoms with Gasteiger partial charge in [-0.1, -0.05) is 17.7 Å². The lowest BCUT2D eigenvalue weighted by Crippen LogP contribution is -2.40. The summed E-state index contributed by atoms with van der Waals surface area (Å²) in [6, 6.07) is 5.77. The Hall–Kier alpha value is -2.04. The SMILES string of the molecule is Cc1ccc(NC(=O)N[C@@H](C)C(=O)O)cc1. The van der Waals surface area contributed by atoms with E-state index in [4.69, 9.17) is 5.11 Å². The molecule has 3 N–H and O–H groups in total. The van der Waals surface area contributed by atoms with Gasteiger partial charge in [0.05, 0.1) is 0 Å². The zero-order valence-electron chi connectivity index (χ0n) is 9.15. The van der Waals surface area contributed by atoms with Crippen LogP contribution in [-0.2, 0) is 4.79 Å². The summed E-state index contributed by atoms with van der Waals surface area (Å²) in [7, 11) is 0. The summed E-state index contributed by atoms with van der Waals surface area (Å²) in [6.45, 7) is 3.34. The van der Waals surface area contributed by atoms with Crippen molar-refractivity contribution in [1.82, 2.24) is 5.32 Å². The van der Waals surface area contributed by atoms with Gasteiger partial charge in [0, 0.05) is 5.69 Å². The van der Waals surface area contributed by atoms with E-state index in [-0.39, 0.29) is 0 Å². The van der Waals surface area contributed by atoms with Gasteiger partial charge in [0.2, 0.25) is 0 Å². The molecule has 0 saturated heterocycles. The number of aryl methyl sites for hydroxylation is 1. The molecule has 0 bridgehead atoms. The Balaban J connectivity index is 2.52. The van der Waals surface area contributed by atoms with Gasteiger partial charge in [-0.15, -0.1) is 0 Å². The largest absolute Gasteiger partial charge is 0.480 e. The second kappa shape index (κ2) is 5.16. The van der Waals surface area contributed by atoms with E-state index < -0.39 is 18.0 Å². The van der Waals surface area contributed by atoms with Crippen LogP contribution in [0.3, 0.4) is 0 Å². The van der Waals surface area contributed by atoms with Crippen molar-refractivity contribution in [3.63, 3.8) is 0 Å². The maximum Gasteiger partial charge on any atom is 0.325 e. The first-order valence-corrected chi connectivity index (χ1v) is 4.86. The third kappa shape index (κ3) is 3.61. The van der Waals surface area contributed by atoms with E-state index in [0.717, 1.165) is 5.56 Å². The second-order valence-corrected chi connectivity index (χ2v) is 3.52. The minimum Gasteiger partial charge on any atom is -0.480 e. The Labute approximate surface area is 93.5 Å². The van der Waals surface area contributed by atoms with E-state index in [0.29, 0.717) is 5.69 Å². The molecule has 16 heavy (non-hydrogen) atoms. The van der Waals surface area contributed by atoms with Crippen molar-refractivity contribution >= 4 is 17.7 Å². The van der Waals surface area contributed by atoms with Gasteiger partial charge in [-0.25, -0.2) is 4.79 Å². The van der Waals surface area contributed by atoms with Gasteiger partial charge in [-0.05, 0) is 26.0 Å². The molecule has 2 amide bonds. The fourth-order valence-corrected chi connectivity index (χ4v) is 1.06. The van der Waals surface area contributed by atoms with E-state index >= 15 is 0 Å². The number of urea groups is 1. The van der Waals surface area contributed by atoms with Gasteiger partial charge in [0.25, 0.3) is 0 Å². The van der Waals surface area contributed by atoms with E-state index in [1.54, 1.807) is 12.1 Å². The number of anilines is 1. The van der Waals surface area contributed by atoms with Gasteiger partial charge in [-0.2, -0.15) is 0 Å². The highest BCUT2D eigenvalue weighted by molar-refractivity contribution is 5.92. The summed E-state index contributed by atoms with van der Waals surface area (Å²) < 4.78 is 0. The standard InChI is InChI=1S/C11H14N2O3/c1-7-3-5-9(6-4-7)13-11(16)12-8(2)10(14)15/h3-6,8H,1-2H3,(H,14,15)(H2,12,13,16)/t8-/m0/s1. The van der Waals surface area contributed by atoms with Gasteiger partial charge in [-0.3, -0.25) is 4.79 Å². The number of rotatable bonds is 3. The summed E-state index contributed by atoms with van der Waals surface area (Å²) in [5.41, 5.74) is 1.71. The number of hydrogen-bond donors (Lipinski definition) is 3. The number of carbonyl (C=O) groups is 2. The molecule has 5 nitrogen and oxygen atoms in total. The Bertz CT molecular complexity index is 387. The number of benzene rings is 1. The molecule has 0 aromatic heterocycles. The molecule has 0 aliphatic heterocycles.